The highest BCUT2D eigenvalue weighted by molar-refractivity contribution is 5.91. The number of carboxylic acid groups (broad SMARTS) is 1. The average molecular weight is 221 g/mol. The van der Waals surface area contributed by atoms with Crippen LogP contribution >= 0.6 is 0 Å². The normalized spacial score (nSPS) is 10.6. The van der Waals surface area contributed by atoms with Crippen LogP contribution in [0.4, 0.5) is 0 Å². The minimum atomic E-state index is -0.991. The standard InChI is InChI=1S/C11H11NO4/c1-2-5-15-11-12-8-4-3-7(10(13)14)6-9(8)16-11/h3-4,6H,2,5H2,1H3,(H,13,14). The van der Waals surface area contributed by atoms with Gasteiger partial charge in [-0.2, -0.15) is 4.98 Å². The average Bonchev–Trinajstić information content (AvgIpc) is 2.67. The molecule has 0 amide bonds. The molecule has 1 aromatic heterocycles. The summed E-state index contributed by atoms with van der Waals surface area (Å²) < 4.78 is 10.5. The summed E-state index contributed by atoms with van der Waals surface area (Å²) in [6, 6.07) is 4.52. The third kappa shape index (κ3) is 1.98. The highest BCUT2D eigenvalue weighted by Gasteiger charge is 2.09. The van der Waals surface area contributed by atoms with Gasteiger partial charge in [0.25, 0.3) is 0 Å². The fraction of sp³-hybridized carbons (Fsp3) is 0.273. The van der Waals surface area contributed by atoms with E-state index in [1.165, 1.54) is 12.1 Å². The summed E-state index contributed by atoms with van der Waals surface area (Å²) in [5.74, 6) is -0.991. The summed E-state index contributed by atoms with van der Waals surface area (Å²) in [5.41, 5.74) is 1.19. The molecule has 2 rings (SSSR count). The van der Waals surface area contributed by atoms with Gasteiger partial charge in [-0.15, -0.1) is 0 Å². The molecular formula is C11H11NO4. The molecule has 0 saturated heterocycles. The SMILES string of the molecule is CCCOc1nc2ccc(C(=O)O)cc2o1. The first-order chi connectivity index (χ1) is 7.70. The van der Waals surface area contributed by atoms with Crippen molar-refractivity contribution in [3.05, 3.63) is 23.8 Å². The van der Waals surface area contributed by atoms with E-state index < -0.39 is 5.97 Å². The Kier molecular flexibility index (Phi) is 2.76. The number of ether oxygens (including phenoxy) is 1. The Bertz CT molecular complexity index is 518. The maximum Gasteiger partial charge on any atom is 0.394 e. The van der Waals surface area contributed by atoms with Gasteiger partial charge < -0.3 is 14.3 Å². The summed E-state index contributed by atoms with van der Waals surface area (Å²) in [6.45, 7) is 2.50. The first-order valence-electron chi connectivity index (χ1n) is 4.97. The van der Waals surface area contributed by atoms with Crippen LogP contribution in [0.1, 0.15) is 23.7 Å². The van der Waals surface area contributed by atoms with E-state index in [9.17, 15) is 4.79 Å². The lowest BCUT2D eigenvalue weighted by molar-refractivity contribution is 0.0697. The van der Waals surface area contributed by atoms with E-state index in [1.807, 2.05) is 6.92 Å². The number of carbonyl (C=O) groups is 1. The van der Waals surface area contributed by atoms with Crippen molar-refractivity contribution in [1.29, 1.82) is 0 Å². The van der Waals surface area contributed by atoms with Crippen LogP contribution in [0.3, 0.4) is 0 Å². The molecule has 0 aliphatic rings. The topological polar surface area (TPSA) is 72.6 Å². The number of hydrogen-bond acceptors (Lipinski definition) is 4. The van der Waals surface area contributed by atoms with E-state index in [4.69, 9.17) is 14.3 Å². The lowest BCUT2D eigenvalue weighted by atomic mass is 10.2. The summed E-state index contributed by atoms with van der Waals surface area (Å²) in [6.07, 6.45) is 1.04. The predicted molar refractivity (Wildman–Crippen MR) is 56.8 cm³/mol. The van der Waals surface area contributed by atoms with E-state index >= 15 is 0 Å². The number of carboxylic acids is 1. The van der Waals surface area contributed by atoms with E-state index in [1.54, 1.807) is 6.07 Å². The molecule has 5 heteroatoms. The third-order valence-electron chi connectivity index (χ3n) is 2.05. The summed E-state index contributed by atoms with van der Waals surface area (Å²) >= 11 is 0. The van der Waals surface area contributed by atoms with Crippen molar-refractivity contribution >= 4 is 17.1 Å². The quantitative estimate of drug-likeness (QED) is 0.857. The lowest BCUT2D eigenvalue weighted by Gasteiger charge is -1.94. The molecule has 84 valence electrons. The molecule has 0 spiro atoms. The number of nitrogens with zero attached hydrogens (tertiary/aromatic N) is 1. The van der Waals surface area contributed by atoms with Gasteiger partial charge in [0, 0.05) is 0 Å². The van der Waals surface area contributed by atoms with Gasteiger partial charge in [-0.1, -0.05) is 6.92 Å². The predicted octanol–water partition coefficient (Wildman–Crippen LogP) is 2.31. The van der Waals surface area contributed by atoms with Crippen LogP contribution in [0, 0.1) is 0 Å². The molecular weight excluding hydrogens is 210 g/mol. The fourth-order valence-electron chi connectivity index (χ4n) is 1.29. The Hall–Kier alpha value is -2.04. The fourth-order valence-corrected chi connectivity index (χ4v) is 1.29. The number of oxazole rings is 1. The van der Waals surface area contributed by atoms with Gasteiger partial charge in [-0.25, -0.2) is 4.79 Å². The van der Waals surface area contributed by atoms with Gasteiger partial charge in [0.15, 0.2) is 5.58 Å². The van der Waals surface area contributed by atoms with Crippen molar-refractivity contribution in [2.75, 3.05) is 6.61 Å². The monoisotopic (exact) mass is 221 g/mol. The van der Waals surface area contributed by atoms with Gasteiger partial charge >= 0.3 is 12.0 Å². The molecule has 5 nitrogen and oxygen atoms in total. The van der Waals surface area contributed by atoms with E-state index in [0.717, 1.165) is 6.42 Å². The largest absolute Gasteiger partial charge is 0.478 e. The molecule has 0 atom stereocenters. The zero-order valence-corrected chi connectivity index (χ0v) is 8.77. The van der Waals surface area contributed by atoms with Crippen molar-refractivity contribution in [3.8, 4) is 6.08 Å². The van der Waals surface area contributed by atoms with Crippen LogP contribution < -0.4 is 4.74 Å². The van der Waals surface area contributed by atoms with Crippen molar-refractivity contribution in [3.63, 3.8) is 0 Å². The van der Waals surface area contributed by atoms with E-state index in [-0.39, 0.29) is 11.6 Å². The van der Waals surface area contributed by atoms with E-state index in [0.29, 0.717) is 17.7 Å². The molecule has 0 saturated carbocycles. The van der Waals surface area contributed by atoms with Gasteiger partial charge in [-0.3, -0.25) is 0 Å². The molecule has 1 heterocycles. The molecule has 16 heavy (non-hydrogen) atoms. The molecule has 1 aromatic carbocycles. The zero-order valence-electron chi connectivity index (χ0n) is 8.77. The van der Waals surface area contributed by atoms with Crippen molar-refractivity contribution in [1.82, 2.24) is 4.98 Å². The van der Waals surface area contributed by atoms with Crippen molar-refractivity contribution in [2.45, 2.75) is 13.3 Å². The molecule has 0 unspecified atom stereocenters. The maximum atomic E-state index is 10.7. The Morgan fingerprint density at radius 1 is 1.56 bits per heavy atom. The number of benzene rings is 1. The maximum absolute atomic E-state index is 10.7. The molecule has 0 aliphatic heterocycles. The minimum Gasteiger partial charge on any atom is -0.478 e. The smallest absolute Gasteiger partial charge is 0.394 e. The number of aromatic nitrogens is 1. The number of hydrogen-bond donors (Lipinski definition) is 1. The lowest BCUT2D eigenvalue weighted by Crippen LogP contribution is -1.94. The Morgan fingerprint density at radius 2 is 2.38 bits per heavy atom. The first-order valence-corrected chi connectivity index (χ1v) is 4.97. The van der Waals surface area contributed by atoms with Crippen LogP contribution in [0.2, 0.25) is 0 Å². The minimum absolute atomic E-state index is 0.172. The number of fused-ring (bicyclic) bond motifs is 1. The molecule has 0 radical (unpaired) electrons. The summed E-state index contributed by atoms with van der Waals surface area (Å²) in [4.78, 5) is 14.8. The molecule has 0 fully saturated rings. The Balaban J connectivity index is 2.34. The highest BCUT2D eigenvalue weighted by atomic mass is 16.6. The number of aromatic carboxylic acids is 1. The second-order valence-corrected chi connectivity index (χ2v) is 3.32. The first kappa shape index (κ1) is 10.5. The van der Waals surface area contributed by atoms with Crippen LogP contribution in [0.5, 0.6) is 6.08 Å². The van der Waals surface area contributed by atoms with Crippen molar-refractivity contribution < 1.29 is 19.1 Å². The summed E-state index contributed by atoms with van der Waals surface area (Å²) in [7, 11) is 0. The Labute approximate surface area is 91.7 Å². The van der Waals surface area contributed by atoms with Crippen LogP contribution in [-0.2, 0) is 0 Å². The molecule has 1 N–H and O–H groups in total. The summed E-state index contributed by atoms with van der Waals surface area (Å²) in [5, 5.41) is 8.80. The van der Waals surface area contributed by atoms with Gasteiger partial charge in [0.05, 0.1) is 12.2 Å². The van der Waals surface area contributed by atoms with Gasteiger partial charge in [-0.05, 0) is 24.6 Å². The second kappa shape index (κ2) is 4.22. The van der Waals surface area contributed by atoms with Crippen LogP contribution in [-0.4, -0.2) is 22.7 Å². The molecule has 0 aliphatic carbocycles. The second-order valence-electron chi connectivity index (χ2n) is 3.32. The van der Waals surface area contributed by atoms with Gasteiger partial charge in [0.1, 0.15) is 5.52 Å². The Morgan fingerprint density at radius 3 is 3.06 bits per heavy atom. The molecule has 0 bridgehead atoms. The van der Waals surface area contributed by atoms with Gasteiger partial charge in [0.2, 0.25) is 0 Å². The molecule has 2 aromatic rings. The highest BCUT2D eigenvalue weighted by Crippen LogP contribution is 2.21. The van der Waals surface area contributed by atoms with E-state index in [2.05, 4.69) is 4.98 Å². The third-order valence-corrected chi connectivity index (χ3v) is 2.05. The van der Waals surface area contributed by atoms with Crippen LogP contribution in [0.25, 0.3) is 11.1 Å². The number of rotatable bonds is 4. The zero-order chi connectivity index (χ0) is 11.5. The van der Waals surface area contributed by atoms with Crippen LogP contribution in [0.15, 0.2) is 22.6 Å². The van der Waals surface area contributed by atoms with Crippen molar-refractivity contribution in [2.24, 2.45) is 0 Å².